The number of rotatable bonds is 8. The van der Waals surface area contributed by atoms with E-state index in [0.717, 1.165) is 16.3 Å². The molecule has 0 radical (unpaired) electrons. The number of hydrogen-bond donors (Lipinski definition) is 2. The molecule has 170 valence electrons. The quantitative estimate of drug-likeness (QED) is 0.373. The highest BCUT2D eigenvalue weighted by Gasteiger charge is 2.20. The minimum Gasteiger partial charge on any atom is -0.455 e. The van der Waals surface area contributed by atoms with Crippen molar-refractivity contribution in [2.24, 2.45) is 0 Å². The number of benzene rings is 4. The molecule has 4 rings (SSSR count). The van der Waals surface area contributed by atoms with Crippen LogP contribution in [0, 0.1) is 0 Å². The summed E-state index contributed by atoms with van der Waals surface area (Å²) in [6.07, 6.45) is -0.105. The fourth-order valence-electron chi connectivity index (χ4n) is 3.60. The second-order valence-electron chi connectivity index (χ2n) is 7.78. The summed E-state index contributed by atoms with van der Waals surface area (Å²) in [5.41, 5.74) is 1.88. The number of amides is 2. The largest absolute Gasteiger partial charge is 0.455 e. The normalized spacial score (nSPS) is 11.4. The molecule has 0 spiro atoms. The first-order valence-electron chi connectivity index (χ1n) is 10.9. The summed E-state index contributed by atoms with van der Waals surface area (Å²) >= 11 is 0. The van der Waals surface area contributed by atoms with E-state index in [-0.39, 0.29) is 12.3 Å². The van der Waals surface area contributed by atoms with Crippen molar-refractivity contribution >= 4 is 34.2 Å². The van der Waals surface area contributed by atoms with Gasteiger partial charge in [0.1, 0.15) is 0 Å². The zero-order chi connectivity index (χ0) is 23.8. The molecule has 6 heteroatoms. The number of esters is 1. The summed E-state index contributed by atoms with van der Waals surface area (Å²) in [7, 11) is 0. The van der Waals surface area contributed by atoms with Gasteiger partial charge in [-0.1, -0.05) is 78.9 Å². The molecule has 0 aliphatic rings. The molecule has 0 saturated carbocycles. The van der Waals surface area contributed by atoms with E-state index in [0.29, 0.717) is 11.3 Å². The van der Waals surface area contributed by atoms with Crippen LogP contribution in [-0.4, -0.2) is 24.4 Å². The Kier molecular flexibility index (Phi) is 7.30. The maximum atomic E-state index is 12.6. The first-order valence-corrected chi connectivity index (χ1v) is 10.9. The lowest BCUT2D eigenvalue weighted by atomic mass is 10.0. The maximum absolute atomic E-state index is 12.6. The number of hydrogen-bond acceptors (Lipinski definition) is 4. The van der Waals surface area contributed by atoms with Crippen LogP contribution in [0.3, 0.4) is 0 Å². The summed E-state index contributed by atoms with van der Waals surface area (Å²) in [5, 5.41) is 7.69. The second-order valence-corrected chi connectivity index (χ2v) is 7.78. The number of nitrogens with one attached hydrogen (secondary N) is 2. The smallest absolute Gasteiger partial charge is 0.308 e. The van der Waals surface area contributed by atoms with E-state index >= 15 is 0 Å². The van der Waals surface area contributed by atoms with Gasteiger partial charge in [-0.3, -0.25) is 14.4 Å². The summed E-state index contributed by atoms with van der Waals surface area (Å²) in [5.74, 6) is -1.32. The molecule has 0 aliphatic heterocycles. The highest BCUT2D eigenvalue weighted by atomic mass is 16.5. The Balaban J connectivity index is 1.35. The third-order valence-electron chi connectivity index (χ3n) is 5.31. The van der Waals surface area contributed by atoms with Crippen LogP contribution in [0.2, 0.25) is 0 Å². The van der Waals surface area contributed by atoms with Gasteiger partial charge in [0.25, 0.3) is 11.8 Å². The molecule has 1 atom stereocenters. The van der Waals surface area contributed by atoms with E-state index in [2.05, 4.69) is 10.6 Å². The van der Waals surface area contributed by atoms with Crippen LogP contribution in [0.1, 0.15) is 28.4 Å². The lowest BCUT2D eigenvalue weighted by Gasteiger charge is -2.19. The molecule has 34 heavy (non-hydrogen) atoms. The fraction of sp³-hybridized carbons (Fsp3) is 0.107. The average Bonchev–Trinajstić information content (AvgIpc) is 2.88. The van der Waals surface area contributed by atoms with Crippen LogP contribution < -0.4 is 10.6 Å². The first-order chi connectivity index (χ1) is 16.6. The third kappa shape index (κ3) is 6.07. The average molecular weight is 453 g/mol. The predicted molar refractivity (Wildman–Crippen MR) is 131 cm³/mol. The van der Waals surface area contributed by atoms with Crippen molar-refractivity contribution in [3.63, 3.8) is 0 Å². The van der Waals surface area contributed by atoms with Crippen molar-refractivity contribution in [1.82, 2.24) is 5.32 Å². The minimum atomic E-state index is -0.593. The van der Waals surface area contributed by atoms with Crippen LogP contribution in [0.25, 0.3) is 10.8 Å². The number of ether oxygens (including phenoxy) is 1. The maximum Gasteiger partial charge on any atom is 0.308 e. The second kappa shape index (κ2) is 10.9. The fourth-order valence-corrected chi connectivity index (χ4v) is 3.60. The van der Waals surface area contributed by atoms with Crippen molar-refractivity contribution in [3.05, 3.63) is 114 Å². The summed E-state index contributed by atoms with van der Waals surface area (Å²) < 4.78 is 5.20. The number of carbonyl (C=O) groups is 3. The minimum absolute atomic E-state index is 0.105. The van der Waals surface area contributed by atoms with Gasteiger partial charge in [-0.25, -0.2) is 0 Å². The van der Waals surface area contributed by atoms with Crippen molar-refractivity contribution in [3.8, 4) is 0 Å². The lowest BCUT2D eigenvalue weighted by Crippen LogP contribution is -2.31. The first kappa shape index (κ1) is 22.7. The summed E-state index contributed by atoms with van der Waals surface area (Å²) in [6.45, 7) is -0.417. The molecule has 6 nitrogen and oxygen atoms in total. The zero-order valence-corrected chi connectivity index (χ0v) is 18.4. The van der Waals surface area contributed by atoms with E-state index in [1.807, 2.05) is 72.8 Å². The Morgan fingerprint density at radius 1 is 0.735 bits per heavy atom. The molecular weight excluding hydrogens is 428 g/mol. The molecule has 0 aromatic heterocycles. The van der Waals surface area contributed by atoms with Crippen LogP contribution in [0.4, 0.5) is 5.69 Å². The molecule has 4 aromatic carbocycles. The molecular formula is C28H24N2O4. The van der Waals surface area contributed by atoms with Crippen molar-refractivity contribution < 1.29 is 19.1 Å². The number of anilines is 1. The number of fused-ring (bicyclic) bond motifs is 1. The lowest BCUT2D eigenvalue weighted by molar-refractivity contribution is -0.147. The van der Waals surface area contributed by atoms with E-state index in [1.54, 1.807) is 30.3 Å². The summed E-state index contributed by atoms with van der Waals surface area (Å²) in [4.78, 5) is 37.5. The van der Waals surface area contributed by atoms with E-state index in [9.17, 15) is 14.4 Å². The molecule has 0 fully saturated rings. The van der Waals surface area contributed by atoms with Gasteiger partial charge in [0.05, 0.1) is 12.5 Å². The third-order valence-corrected chi connectivity index (χ3v) is 5.31. The predicted octanol–water partition coefficient (Wildman–Crippen LogP) is 4.88. The van der Waals surface area contributed by atoms with Gasteiger partial charge in [0, 0.05) is 11.3 Å². The molecule has 0 aliphatic carbocycles. The molecule has 2 amide bonds. The van der Waals surface area contributed by atoms with Crippen molar-refractivity contribution in [2.45, 2.75) is 12.5 Å². The highest BCUT2D eigenvalue weighted by molar-refractivity contribution is 5.96. The van der Waals surface area contributed by atoms with Crippen LogP contribution in [0.5, 0.6) is 0 Å². The van der Waals surface area contributed by atoms with Crippen LogP contribution in [0.15, 0.2) is 103 Å². The Morgan fingerprint density at radius 3 is 2.12 bits per heavy atom. The van der Waals surface area contributed by atoms with Crippen LogP contribution in [-0.2, 0) is 14.3 Å². The monoisotopic (exact) mass is 452 g/mol. The zero-order valence-electron chi connectivity index (χ0n) is 18.4. The van der Waals surface area contributed by atoms with Gasteiger partial charge >= 0.3 is 5.97 Å². The molecule has 0 bridgehead atoms. The molecule has 0 heterocycles. The summed E-state index contributed by atoms with van der Waals surface area (Å²) in [6, 6.07) is 30.8. The molecule has 2 N–H and O–H groups in total. The number of carbonyl (C=O) groups excluding carboxylic acids is 3. The van der Waals surface area contributed by atoms with Gasteiger partial charge in [0.15, 0.2) is 6.61 Å². The van der Waals surface area contributed by atoms with E-state index in [4.69, 9.17) is 4.74 Å². The van der Waals surface area contributed by atoms with E-state index < -0.39 is 24.5 Å². The van der Waals surface area contributed by atoms with Gasteiger partial charge in [0.2, 0.25) is 0 Å². The van der Waals surface area contributed by atoms with E-state index in [1.165, 1.54) is 0 Å². The standard InChI is InChI=1S/C28H24N2O4/c31-26(29-24-16-15-20-9-7-8-14-23(20)17-24)19-34-27(32)18-25(21-10-3-1-4-11-21)30-28(33)22-12-5-2-6-13-22/h1-17,25H,18-19H2,(H,29,31)(H,30,33). The Hall–Kier alpha value is -4.45. The van der Waals surface area contributed by atoms with Gasteiger partial charge in [-0.15, -0.1) is 0 Å². The SMILES string of the molecule is O=C(COC(=O)CC(NC(=O)c1ccccc1)c1ccccc1)Nc1ccc2ccccc2c1. The Morgan fingerprint density at radius 2 is 1.38 bits per heavy atom. The van der Waals surface area contributed by atoms with Gasteiger partial charge < -0.3 is 15.4 Å². The van der Waals surface area contributed by atoms with Crippen molar-refractivity contribution in [1.29, 1.82) is 0 Å². The van der Waals surface area contributed by atoms with Crippen molar-refractivity contribution in [2.75, 3.05) is 11.9 Å². The molecule has 0 saturated heterocycles. The van der Waals surface area contributed by atoms with Gasteiger partial charge in [-0.05, 0) is 40.6 Å². The Bertz CT molecular complexity index is 1290. The van der Waals surface area contributed by atoms with Crippen LogP contribution >= 0.6 is 0 Å². The molecule has 4 aromatic rings. The molecule has 1 unspecified atom stereocenters. The highest BCUT2D eigenvalue weighted by Crippen LogP contribution is 2.20. The Labute approximate surface area is 197 Å². The topological polar surface area (TPSA) is 84.5 Å². The van der Waals surface area contributed by atoms with Gasteiger partial charge in [-0.2, -0.15) is 0 Å².